The molecule has 11 nitrogen and oxygen atoms in total. The van der Waals surface area contributed by atoms with Gasteiger partial charge in [-0.25, -0.2) is 17.8 Å². The molecule has 0 unspecified atom stereocenters. The van der Waals surface area contributed by atoms with Crippen molar-refractivity contribution >= 4 is 65.8 Å². The fraction of sp³-hybridized carbons (Fsp3) is 0.167. The molecule has 0 radical (unpaired) electrons. The molecule has 0 bridgehead atoms. The van der Waals surface area contributed by atoms with E-state index >= 15 is 4.39 Å². The van der Waals surface area contributed by atoms with Crippen LogP contribution in [0.15, 0.2) is 49.8 Å². The number of fused-ring (bicyclic) bond motifs is 1. The number of nitrogens with two attached hydrogens (primary N) is 1. The van der Waals surface area contributed by atoms with Gasteiger partial charge in [-0.15, -0.1) is 5.10 Å². The van der Waals surface area contributed by atoms with E-state index in [1.807, 2.05) is 0 Å². The van der Waals surface area contributed by atoms with Crippen molar-refractivity contribution in [3.8, 4) is 11.5 Å². The van der Waals surface area contributed by atoms with Gasteiger partial charge in [0.25, 0.3) is 5.89 Å². The molecule has 0 aliphatic rings. The highest BCUT2D eigenvalue weighted by Crippen LogP contribution is 2.39. The minimum absolute atomic E-state index is 0.0179. The smallest absolute Gasteiger partial charge is 0.363 e. The third-order valence-corrected chi connectivity index (χ3v) is 6.27. The summed E-state index contributed by atoms with van der Waals surface area (Å²) in [6.07, 6.45) is 2.48. The highest BCUT2D eigenvalue weighted by atomic mass is 79.9. The number of aromatic nitrogens is 4. The number of benzene rings is 2. The second-order valence-corrected chi connectivity index (χ2v) is 10.5. The fourth-order valence-electron chi connectivity index (χ4n) is 3.03. The van der Waals surface area contributed by atoms with E-state index in [-0.39, 0.29) is 41.0 Å². The van der Waals surface area contributed by atoms with E-state index in [0.717, 1.165) is 10.7 Å². The normalized spacial score (nSPS) is 12.1. The van der Waals surface area contributed by atoms with Crippen LogP contribution in [0.2, 0.25) is 5.02 Å². The predicted molar refractivity (Wildman–Crippen MR) is 124 cm³/mol. The van der Waals surface area contributed by atoms with Gasteiger partial charge in [-0.05, 0) is 24.3 Å². The average molecular weight is 558 g/mol. The Hall–Kier alpha value is -3.10. The van der Waals surface area contributed by atoms with Gasteiger partial charge in [0.15, 0.2) is 5.82 Å². The van der Waals surface area contributed by atoms with E-state index in [2.05, 4.69) is 46.8 Å². The van der Waals surface area contributed by atoms with Crippen LogP contribution in [0.1, 0.15) is 0 Å². The van der Waals surface area contributed by atoms with Gasteiger partial charge in [-0.3, -0.25) is 0 Å². The summed E-state index contributed by atoms with van der Waals surface area (Å²) in [6, 6.07) is 6.36. The van der Waals surface area contributed by atoms with Gasteiger partial charge >= 0.3 is 6.01 Å². The Morgan fingerprint density at radius 2 is 2.12 bits per heavy atom. The number of hydrogen-bond acceptors (Lipinski definition) is 9. The molecular weight excluding hydrogens is 543 g/mol. The zero-order valence-electron chi connectivity index (χ0n) is 16.8. The highest BCUT2D eigenvalue weighted by molar-refractivity contribution is 9.10. The van der Waals surface area contributed by atoms with Crippen molar-refractivity contribution in [1.29, 1.82) is 0 Å². The molecule has 0 aliphatic heterocycles. The van der Waals surface area contributed by atoms with Crippen molar-refractivity contribution in [3.63, 3.8) is 0 Å². The standard InChI is InChI=1S/C18H15BrClFN8O3S/c1-33(30,31)5-4-29-8-23-16-13(29)7-10(17-25-26-18(32-17)27-28-22)15(14(16)21)24-12-3-2-9(19)6-11(12)20/h2-3,6-8,24H,4-5H2,1H3,(H2,22,26,27). The van der Waals surface area contributed by atoms with Gasteiger partial charge < -0.3 is 20.1 Å². The Morgan fingerprint density at radius 3 is 2.82 bits per heavy atom. The van der Waals surface area contributed by atoms with Crippen LogP contribution in [0.25, 0.3) is 22.5 Å². The molecule has 0 atom stereocenters. The van der Waals surface area contributed by atoms with Crippen LogP contribution in [0.5, 0.6) is 0 Å². The Bertz CT molecular complexity index is 1490. The number of rotatable bonds is 7. The van der Waals surface area contributed by atoms with E-state index in [0.29, 0.717) is 16.2 Å². The number of halogens is 3. The van der Waals surface area contributed by atoms with Gasteiger partial charge in [0.1, 0.15) is 15.4 Å². The van der Waals surface area contributed by atoms with Gasteiger partial charge in [-0.1, -0.05) is 43.0 Å². The van der Waals surface area contributed by atoms with Gasteiger partial charge in [0.05, 0.1) is 39.6 Å². The molecule has 0 fully saturated rings. The lowest BCUT2D eigenvalue weighted by molar-refractivity contribution is 0.571. The summed E-state index contributed by atoms with van der Waals surface area (Å²) in [5.41, 5.74) is 0.909. The second-order valence-electron chi connectivity index (χ2n) is 6.90. The molecule has 3 N–H and O–H groups in total. The maximum absolute atomic E-state index is 15.7. The largest absolute Gasteiger partial charge is 0.401 e. The fourth-order valence-corrected chi connectivity index (χ4v) is 4.28. The molecule has 0 saturated heterocycles. The Balaban J connectivity index is 1.89. The first-order valence-electron chi connectivity index (χ1n) is 9.18. The number of aryl methyl sites for hydroxylation is 1. The number of nitrogens with zero attached hydrogens (tertiary/aromatic N) is 6. The van der Waals surface area contributed by atoms with Crippen molar-refractivity contribution in [2.75, 3.05) is 17.3 Å². The summed E-state index contributed by atoms with van der Waals surface area (Å²) in [5.74, 6) is 4.07. The lowest BCUT2D eigenvalue weighted by Gasteiger charge is -2.14. The first-order chi connectivity index (χ1) is 15.7. The van der Waals surface area contributed by atoms with E-state index in [9.17, 15) is 8.42 Å². The minimum atomic E-state index is -3.25. The Morgan fingerprint density at radius 1 is 1.33 bits per heavy atom. The summed E-state index contributed by atoms with van der Waals surface area (Å²) in [5, 5.41) is 17.5. The monoisotopic (exact) mass is 556 g/mol. The van der Waals surface area contributed by atoms with Crippen LogP contribution in [0, 0.1) is 5.82 Å². The molecule has 0 saturated carbocycles. The quantitative estimate of drug-likeness (QED) is 0.193. The number of imidazole rings is 1. The zero-order valence-corrected chi connectivity index (χ0v) is 20.0. The molecule has 0 spiro atoms. The van der Waals surface area contributed by atoms with E-state index < -0.39 is 15.7 Å². The second kappa shape index (κ2) is 9.03. The van der Waals surface area contributed by atoms with Gasteiger partial charge in [-0.2, -0.15) is 0 Å². The van der Waals surface area contributed by atoms with Crippen molar-refractivity contribution in [3.05, 3.63) is 45.9 Å². The Kier molecular flexibility index (Phi) is 6.32. The third-order valence-electron chi connectivity index (χ3n) is 4.54. The minimum Gasteiger partial charge on any atom is -0.401 e. The van der Waals surface area contributed by atoms with E-state index in [4.69, 9.17) is 21.9 Å². The summed E-state index contributed by atoms with van der Waals surface area (Å²) in [6.45, 7) is 0.0794. The molecule has 4 aromatic rings. The number of sulfone groups is 1. The molecule has 33 heavy (non-hydrogen) atoms. The van der Waals surface area contributed by atoms with Crippen molar-refractivity contribution < 1.29 is 17.2 Å². The molecule has 172 valence electrons. The molecular formula is C18H15BrClFN8O3S. The maximum Gasteiger partial charge on any atom is 0.363 e. The zero-order chi connectivity index (χ0) is 23.8. The van der Waals surface area contributed by atoms with E-state index in [1.54, 1.807) is 24.3 Å². The first kappa shape index (κ1) is 23.1. The molecule has 15 heteroatoms. The topological polar surface area (TPSA) is 154 Å². The van der Waals surface area contributed by atoms with Gasteiger partial charge in [0, 0.05) is 17.3 Å². The number of hydrogen-bond donors (Lipinski definition) is 2. The molecule has 0 amide bonds. The van der Waals surface area contributed by atoms with Crippen LogP contribution in [0.4, 0.5) is 21.8 Å². The molecule has 2 aromatic carbocycles. The van der Waals surface area contributed by atoms with Crippen LogP contribution in [-0.2, 0) is 16.4 Å². The molecule has 2 heterocycles. The average Bonchev–Trinajstić information content (AvgIpc) is 3.37. The molecule has 0 aliphatic carbocycles. The lowest BCUT2D eigenvalue weighted by Crippen LogP contribution is -2.10. The maximum atomic E-state index is 15.7. The predicted octanol–water partition coefficient (Wildman–Crippen LogP) is 4.39. The van der Waals surface area contributed by atoms with E-state index in [1.165, 1.54) is 10.9 Å². The summed E-state index contributed by atoms with van der Waals surface area (Å²) < 4.78 is 46.6. The van der Waals surface area contributed by atoms with Gasteiger partial charge in [0.2, 0.25) is 0 Å². The van der Waals surface area contributed by atoms with Crippen LogP contribution in [0.3, 0.4) is 0 Å². The Labute approximate surface area is 199 Å². The first-order valence-corrected chi connectivity index (χ1v) is 12.4. The van der Waals surface area contributed by atoms with Crippen LogP contribution in [-0.4, -0.2) is 40.2 Å². The number of nitrogens with one attached hydrogen (secondary N) is 1. The summed E-state index contributed by atoms with van der Waals surface area (Å²) in [7, 11) is -3.25. The summed E-state index contributed by atoms with van der Waals surface area (Å²) >= 11 is 9.62. The highest BCUT2D eigenvalue weighted by Gasteiger charge is 2.23. The van der Waals surface area contributed by atoms with Crippen LogP contribution >= 0.6 is 27.5 Å². The number of anilines is 2. The summed E-state index contributed by atoms with van der Waals surface area (Å²) in [4.78, 5) is 4.12. The van der Waals surface area contributed by atoms with Crippen molar-refractivity contribution in [2.45, 2.75) is 6.54 Å². The van der Waals surface area contributed by atoms with Crippen molar-refractivity contribution in [1.82, 2.24) is 19.7 Å². The van der Waals surface area contributed by atoms with Crippen molar-refractivity contribution in [2.24, 2.45) is 16.2 Å². The lowest BCUT2D eigenvalue weighted by atomic mass is 10.1. The molecule has 4 rings (SSSR count). The third kappa shape index (κ3) is 4.96. The molecule has 2 aromatic heterocycles. The van der Waals surface area contributed by atoms with Crippen LogP contribution < -0.4 is 11.2 Å². The SMILES string of the molecule is CS(=O)(=O)CCn1cnc2c(F)c(Nc3ccc(Br)cc3Cl)c(-c3nnc(N=NN)o3)cc21.